The van der Waals surface area contributed by atoms with E-state index in [1.165, 1.54) is 6.92 Å². The lowest BCUT2D eigenvalue weighted by atomic mass is 10.1. The van der Waals surface area contributed by atoms with Gasteiger partial charge in [-0.25, -0.2) is 29.6 Å². The van der Waals surface area contributed by atoms with Gasteiger partial charge in [-0.1, -0.05) is 25.0 Å². The molecule has 27 heteroatoms. The van der Waals surface area contributed by atoms with E-state index in [-0.39, 0.29) is 101 Å². The topological polar surface area (TPSA) is 408 Å². The Morgan fingerprint density at radius 3 is 1.57 bits per heavy atom. The van der Waals surface area contributed by atoms with Gasteiger partial charge in [0.05, 0.1) is 0 Å². The number of carbonyl (C=O) groups is 10. The van der Waals surface area contributed by atoms with Gasteiger partial charge in [-0.05, 0) is 94.7 Å². The number of ketones is 1. The zero-order chi connectivity index (χ0) is 57.3. The van der Waals surface area contributed by atoms with E-state index in [0.29, 0.717) is 110 Å². The fourth-order valence-electron chi connectivity index (χ4n) is 7.46. The molecule has 0 aromatic heterocycles. The van der Waals surface area contributed by atoms with Crippen molar-refractivity contribution in [2.45, 2.75) is 154 Å². The molecule has 0 aliphatic heterocycles. The van der Waals surface area contributed by atoms with Gasteiger partial charge in [-0.3, -0.25) is 58.8 Å². The summed E-state index contributed by atoms with van der Waals surface area (Å²) in [5.41, 5.74) is -0.105. The average molecular weight is 1090 g/mol. The zero-order valence-electron chi connectivity index (χ0n) is 43.5. The number of carboxylic acid groups (broad SMARTS) is 3. The van der Waals surface area contributed by atoms with Crippen molar-refractivity contribution in [3.63, 3.8) is 0 Å². The number of rotatable bonds is 42. The third kappa shape index (κ3) is 27.2. The van der Waals surface area contributed by atoms with Crippen molar-refractivity contribution < 1.29 is 78.9 Å². The molecule has 0 fully saturated rings. The van der Waals surface area contributed by atoms with Crippen LogP contribution in [0.4, 0.5) is 16.2 Å². The van der Waals surface area contributed by atoms with Gasteiger partial charge < -0.3 is 47.2 Å². The third-order valence-electron chi connectivity index (χ3n) is 12.1. The number of unbranched alkanes of at least 4 members (excludes halogenated alkanes) is 8. The molecule has 7 amide bonds. The van der Waals surface area contributed by atoms with E-state index in [0.717, 1.165) is 0 Å². The van der Waals surface area contributed by atoms with Crippen LogP contribution < -0.4 is 42.8 Å². The van der Waals surface area contributed by atoms with Crippen molar-refractivity contribution in [1.29, 1.82) is 0 Å². The molecule has 428 valence electrons. The van der Waals surface area contributed by atoms with Gasteiger partial charge in [0.1, 0.15) is 29.2 Å². The number of hydroxylamine groups is 6. The van der Waals surface area contributed by atoms with Crippen LogP contribution in [0.1, 0.15) is 151 Å². The summed E-state index contributed by atoms with van der Waals surface area (Å²) < 4.78 is 0. The van der Waals surface area contributed by atoms with Crippen molar-refractivity contribution in [2.24, 2.45) is 0 Å². The molecule has 0 radical (unpaired) electrons. The lowest BCUT2D eigenvalue weighted by molar-refractivity contribution is -0.166. The number of nitrogens with zero attached hydrogens (tertiary/aromatic N) is 3. The molecule has 0 aliphatic carbocycles. The number of anilines is 2. The standard InChI is InChI=1S/C50H75N9O18/c1-33(60)57(75)29-12-4-8-26-51-39(62)22-24-41(64)59(77)30-11-3-2-6-14-36(61)20-23-40(63)58(76)31-13-5-9-27-52-43-44(46(68)45(43)67)54-32-34-16-18-35(19-17-34)47(69)53-28-10-7-15-37(48(70)71)55-50(74)56-38(49(72)73)21-25-42(65)66/h16-19,37-38,52,54,75-77H,2-15,20-32H2,1H3,(H,51,62)(H,53,69)(H,65,66)(H,70,71)(H,72,73)(H2,55,56,74). The minimum absolute atomic E-state index is 0.0329. The predicted molar refractivity (Wildman–Crippen MR) is 275 cm³/mol. The van der Waals surface area contributed by atoms with E-state index in [1.807, 2.05) is 0 Å². The fourth-order valence-corrected chi connectivity index (χ4v) is 7.46. The molecule has 0 saturated carbocycles. The SMILES string of the molecule is CC(=O)N(O)CCCCCNC(=O)CCC(=O)N(O)CCCCCCC(=O)CCC(=O)N(O)CCCCCNc1c(NCc2ccc(C(=O)NCCCCC(NC(=O)NC(CCC(=O)O)C(=O)O)C(=O)O)cc2)c(=O)c1=O. The maximum Gasteiger partial charge on any atom is 0.326 e. The molecule has 12 N–H and O–H groups in total. The number of hydrogen-bond acceptors (Lipinski definition) is 17. The first-order chi connectivity index (χ1) is 36.6. The molecule has 0 bridgehead atoms. The van der Waals surface area contributed by atoms with E-state index in [2.05, 4.69) is 31.9 Å². The molecule has 2 rings (SSSR count). The van der Waals surface area contributed by atoms with E-state index in [1.54, 1.807) is 24.3 Å². The molecule has 0 spiro atoms. The second-order valence-electron chi connectivity index (χ2n) is 18.3. The first-order valence-corrected chi connectivity index (χ1v) is 25.8. The number of carbonyl (C=O) groups excluding carboxylic acids is 7. The van der Waals surface area contributed by atoms with Gasteiger partial charge in [-0.2, -0.15) is 0 Å². The molecular weight excluding hydrogens is 1010 g/mol. The maximum absolute atomic E-state index is 12.7. The second-order valence-corrected chi connectivity index (χ2v) is 18.3. The molecule has 2 aromatic carbocycles. The number of hydrogen-bond donors (Lipinski definition) is 12. The fraction of sp³-hybridized carbons (Fsp3) is 0.600. The Kier molecular flexibility index (Phi) is 31.1. The highest BCUT2D eigenvalue weighted by atomic mass is 16.5. The Morgan fingerprint density at radius 2 is 1.00 bits per heavy atom. The largest absolute Gasteiger partial charge is 0.481 e. The second kappa shape index (κ2) is 36.5. The predicted octanol–water partition coefficient (Wildman–Crippen LogP) is 2.49. The Bertz CT molecular complexity index is 2340. The maximum atomic E-state index is 12.7. The van der Waals surface area contributed by atoms with Crippen LogP contribution >= 0.6 is 0 Å². The number of Topliss-reactive ketones (excluding diaryl/α,β-unsaturated/α-hetero) is 1. The monoisotopic (exact) mass is 1090 g/mol. The molecule has 0 aliphatic rings. The smallest absolute Gasteiger partial charge is 0.326 e. The number of benzene rings is 1. The van der Waals surface area contributed by atoms with Gasteiger partial charge in [-0.15, -0.1) is 0 Å². The summed E-state index contributed by atoms with van der Waals surface area (Å²) in [6.45, 7) is 2.61. The van der Waals surface area contributed by atoms with E-state index >= 15 is 0 Å². The van der Waals surface area contributed by atoms with Crippen LogP contribution in [0.15, 0.2) is 33.9 Å². The number of carboxylic acids is 3. The highest BCUT2D eigenvalue weighted by Gasteiger charge is 2.25. The van der Waals surface area contributed by atoms with Gasteiger partial charge in [0, 0.05) is 96.8 Å². The van der Waals surface area contributed by atoms with Crippen LogP contribution in [0.5, 0.6) is 0 Å². The summed E-state index contributed by atoms with van der Waals surface area (Å²) in [6.07, 6.45) is 5.20. The highest BCUT2D eigenvalue weighted by molar-refractivity contribution is 5.94. The quantitative estimate of drug-likeness (QED) is 0.0197. The number of urea groups is 1. The molecule has 2 unspecified atom stereocenters. The Balaban J connectivity index is 1.56. The van der Waals surface area contributed by atoms with Crippen molar-refractivity contribution in [2.75, 3.05) is 49.9 Å². The Labute approximate surface area is 444 Å². The summed E-state index contributed by atoms with van der Waals surface area (Å²) >= 11 is 0. The van der Waals surface area contributed by atoms with Crippen LogP contribution in [-0.4, -0.2) is 157 Å². The molecule has 77 heavy (non-hydrogen) atoms. The molecule has 0 saturated heterocycles. The molecule has 0 heterocycles. The van der Waals surface area contributed by atoms with Crippen molar-refractivity contribution in [3.05, 3.63) is 55.8 Å². The van der Waals surface area contributed by atoms with E-state index in [9.17, 15) is 83.4 Å². The highest BCUT2D eigenvalue weighted by Crippen LogP contribution is 2.17. The normalized spacial score (nSPS) is 11.6. The summed E-state index contributed by atoms with van der Waals surface area (Å²) in [7, 11) is 0. The molecule has 2 atom stereocenters. The third-order valence-corrected chi connectivity index (χ3v) is 12.1. The summed E-state index contributed by atoms with van der Waals surface area (Å²) in [5, 5.41) is 74.3. The van der Waals surface area contributed by atoms with E-state index < -0.39 is 83.4 Å². The van der Waals surface area contributed by atoms with Gasteiger partial charge in [0.2, 0.25) is 23.6 Å². The van der Waals surface area contributed by atoms with Gasteiger partial charge in [0.15, 0.2) is 0 Å². The molecule has 27 nitrogen and oxygen atoms in total. The minimum Gasteiger partial charge on any atom is -0.481 e. The van der Waals surface area contributed by atoms with Crippen molar-refractivity contribution in [3.8, 4) is 0 Å². The first kappa shape index (κ1) is 65.6. The van der Waals surface area contributed by atoms with Gasteiger partial charge in [0.25, 0.3) is 16.8 Å². The van der Waals surface area contributed by atoms with Crippen LogP contribution in [0.2, 0.25) is 0 Å². The van der Waals surface area contributed by atoms with Crippen LogP contribution in [0.3, 0.4) is 0 Å². The summed E-state index contributed by atoms with van der Waals surface area (Å²) in [6, 6.07) is 2.43. The number of aliphatic carboxylic acids is 3. The lowest BCUT2D eigenvalue weighted by Gasteiger charge is -2.18. The van der Waals surface area contributed by atoms with Gasteiger partial charge >= 0.3 is 23.9 Å². The molecular formula is C50H75N9O18. The molecule has 2 aromatic rings. The van der Waals surface area contributed by atoms with Crippen LogP contribution in [-0.2, 0) is 44.9 Å². The lowest BCUT2D eigenvalue weighted by Crippen LogP contribution is -2.51. The average Bonchev–Trinajstić information content (AvgIpc) is 3.39. The first-order valence-electron chi connectivity index (χ1n) is 25.8. The van der Waals surface area contributed by atoms with Crippen LogP contribution in [0.25, 0.3) is 0 Å². The number of nitrogens with one attached hydrogen (secondary N) is 6. The Hall–Kier alpha value is -7.52. The van der Waals surface area contributed by atoms with Crippen molar-refractivity contribution >= 4 is 70.6 Å². The number of amides is 7. The van der Waals surface area contributed by atoms with Crippen LogP contribution in [0, 0.1) is 0 Å². The zero-order valence-corrected chi connectivity index (χ0v) is 43.5. The summed E-state index contributed by atoms with van der Waals surface area (Å²) in [4.78, 5) is 143. The summed E-state index contributed by atoms with van der Waals surface area (Å²) in [5.74, 6) is -6.61. The Morgan fingerprint density at radius 1 is 0.506 bits per heavy atom. The minimum atomic E-state index is -1.53. The van der Waals surface area contributed by atoms with E-state index in [4.69, 9.17) is 5.11 Å². The van der Waals surface area contributed by atoms with Crippen molar-refractivity contribution in [1.82, 2.24) is 36.5 Å².